The highest BCUT2D eigenvalue weighted by Gasteiger charge is 1.97. The van der Waals surface area contributed by atoms with Crippen molar-refractivity contribution < 1.29 is 0 Å². The Labute approximate surface area is 97.4 Å². The van der Waals surface area contributed by atoms with Crippen LogP contribution in [0.4, 0.5) is 0 Å². The summed E-state index contributed by atoms with van der Waals surface area (Å²) in [4.78, 5) is 0. The highest BCUT2D eigenvalue weighted by Crippen LogP contribution is 2.21. The molecule has 0 aliphatic heterocycles. The topological polar surface area (TPSA) is 0 Å². The SMILES string of the molecule is CS.Cc1ccccc1-c1ccccc1. The van der Waals surface area contributed by atoms with E-state index in [2.05, 4.69) is 68.1 Å². The van der Waals surface area contributed by atoms with Gasteiger partial charge in [0.15, 0.2) is 0 Å². The predicted octanol–water partition coefficient (Wildman–Crippen LogP) is 4.21. The molecule has 0 fully saturated rings. The molecule has 2 aromatic carbocycles. The molecule has 78 valence electrons. The maximum atomic E-state index is 3.53. The summed E-state index contributed by atoms with van der Waals surface area (Å²) < 4.78 is 0. The second-order valence-corrected chi connectivity index (χ2v) is 3.18. The van der Waals surface area contributed by atoms with E-state index in [4.69, 9.17) is 0 Å². The second kappa shape index (κ2) is 6.31. The van der Waals surface area contributed by atoms with Crippen LogP contribution in [0.5, 0.6) is 0 Å². The number of thiol groups is 1. The fourth-order valence-electron chi connectivity index (χ4n) is 1.51. The van der Waals surface area contributed by atoms with Crippen LogP contribution in [0.3, 0.4) is 0 Å². The summed E-state index contributed by atoms with van der Waals surface area (Å²) in [5.41, 5.74) is 3.94. The molecule has 0 spiro atoms. The van der Waals surface area contributed by atoms with Gasteiger partial charge in [-0.1, -0.05) is 54.6 Å². The van der Waals surface area contributed by atoms with Crippen LogP contribution >= 0.6 is 12.6 Å². The molecule has 0 radical (unpaired) electrons. The van der Waals surface area contributed by atoms with Crippen molar-refractivity contribution in [3.63, 3.8) is 0 Å². The molecule has 0 N–H and O–H groups in total. The van der Waals surface area contributed by atoms with E-state index in [0.29, 0.717) is 0 Å². The van der Waals surface area contributed by atoms with Crippen LogP contribution in [0, 0.1) is 6.92 Å². The number of hydrogen-bond donors (Lipinski definition) is 1. The quantitative estimate of drug-likeness (QED) is 0.678. The average molecular weight is 216 g/mol. The molecule has 0 unspecified atom stereocenters. The third-order valence-corrected chi connectivity index (χ3v) is 2.23. The Bertz CT molecular complexity index is 393. The zero-order valence-corrected chi connectivity index (χ0v) is 10.0. The van der Waals surface area contributed by atoms with E-state index in [1.54, 1.807) is 6.26 Å². The second-order valence-electron chi connectivity index (χ2n) is 3.18. The van der Waals surface area contributed by atoms with E-state index < -0.39 is 0 Å². The molecular formula is C14H16S. The van der Waals surface area contributed by atoms with E-state index in [0.717, 1.165) is 0 Å². The third kappa shape index (κ3) is 3.14. The summed E-state index contributed by atoms with van der Waals surface area (Å²) in [6, 6.07) is 18.9. The zero-order chi connectivity index (χ0) is 11.1. The summed E-state index contributed by atoms with van der Waals surface area (Å²) in [6.45, 7) is 2.14. The molecule has 1 heteroatoms. The van der Waals surface area contributed by atoms with Crippen LogP contribution in [0.1, 0.15) is 5.56 Å². The number of aryl methyl sites for hydroxylation is 1. The molecule has 0 aliphatic carbocycles. The molecule has 0 amide bonds. The Morgan fingerprint density at radius 3 is 1.87 bits per heavy atom. The van der Waals surface area contributed by atoms with Crippen molar-refractivity contribution >= 4 is 12.6 Å². The monoisotopic (exact) mass is 216 g/mol. The van der Waals surface area contributed by atoms with Crippen molar-refractivity contribution in [1.82, 2.24) is 0 Å². The van der Waals surface area contributed by atoms with E-state index in [1.807, 2.05) is 6.07 Å². The largest absolute Gasteiger partial charge is 0.183 e. The lowest BCUT2D eigenvalue weighted by Gasteiger charge is -2.04. The van der Waals surface area contributed by atoms with E-state index in [1.165, 1.54) is 16.7 Å². The highest BCUT2D eigenvalue weighted by atomic mass is 32.1. The smallest absolute Gasteiger partial charge is 0.0155 e. The van der Waals surface area contributed by atoms with Gasteiger partial charge in [-0.15, -0.1) is 0 Å². The molecule has 0 atom stereocenters. The summed E-state index contributed by atoms with van der Waals surface area (Å²) in [5, 5.41) is 0. The summed E-state index contributed by atoms with van der Waals surface area (Å²) >= 11 is 3.53. The lowest BCUT2D eigenvalue weighted by Crippen LogP contribution is -1.80. The van der Waals surface area contributed by atoms with Gasteiger partial charge in [-0.3, -0.25) is 0 Å². The fourth-order valence-corrected chi connectivity index (χ4v) is 1.51. The minimum absolute atomic E-state index is 1.29. The van der Waals surface area contributed by atoms with Gasteiger partial charge in [-0.25, -0.2) is 0 Å². The number of rotatable bonds is 1. The van der Waals surface area contributed by atoms with Crippen LogP contribution in [0.2, 0.25) is 0 Å². The van der Waals surface area contributed by atoms with Crippen LogP contribution in [-0.4, -0.2) is 6.26 Å². The average Bonchev–Trinajstić information content (AvgIpc) is 2.33. The number of benzene rings is 2. The van der Waals surface area contributed by atoms with Crippen molar-refractivity contribution in [3.8, 4) is 11.1 Å². The Morgan fingerprint density at radius 1 is 0.733 bits per heavy atom. The fraction of sp³-hybridized carbons (Fsp3) is 0.143. The standard InChI is InChI=1S/C13H12.CH4S/c1-11-7-5-6-10-13(11)12-8-3-2-4-9-12;1-2/h2-10H,1H3;2H,1H3. The van der Waals surface area contributed by atoms with Gasteiger partial charge in [0.05, 0.1) is 0 Å². The Hall–Kier alpha value is -1.21. The van der Waals surface area contributed by atoms with E-state index >= 15 is 0 Å². The first kappa shape index (κ1) is 11.9. The van der Waals surface area contributed by atoms with Gasteiger partial charge in [0.25, 0.3) is 0 Å². The van der Waals surface area contributed by atoms with Crippen molar-refractivity contribution in [1.29, 1.82) is 0 Å². The summed E-state index contributed by atoms with van der Waals surface area (Å²) in [7, 11) is 0. The maximum Gasteiger partial charge on any atom is -0.0155 e. The van der Waals surface area contributed by atoms with Gasteiger partial charge in [0.2, 0.25) is 0 Å². The zero-order valence-electron chi connectivity index (χ0n) is 9.14. The first-order chi connectivity index (χ1) is 7.38. The minimum atomic E-state index is 1.29. The molecule has 0 aromatic heterocycles. The molecule has 0 nitrogen and oxygen atoms in total. The molecule has 2 rings (SSSR count). The summed E-state index contributed by atoms with van der Waals surface area (Å²) in [5.74, 6) is 0. The maximum absolute atomic E-state index is 3.53. The Balaban J connectivity index is 0.000000531. The third-order valence-electron chi connectivity index (χ3n) is 2.23. The van der Waals surface area contributed by atoms with E-state index in [9.17, 15) is 0 Å². The van der Waals surface area contributed by atoms with Gasteiger partial charge < -0.3 is 0 Å². The van der Waals surface area contributed by atoms with Gasteiger partial charge in [-0.2, -0.15) is 12.6 Å². The number of hydrogen-bond acceptors (Lipinski definition) is 1. The molecule has 2 aromatic rings. The normalized spacial score (nSPS) is 9.00. The van der Waals surface area contributed by atoms with Gasteiger partial charge >= 0.3 is 0 Å². The van der Waals surface area contributed by atoms with Crippen LogP contribution < -0.4 is 0 Å². The molecule has 0 saturated carbocycles. The highest BCUT2D eigenvalue weighted by molar-refractivity contribution is 7.79. The van der Waals surface area contributed by atoms with Crippen LogP contribution in [0.25, 0.3) is 11.1 Å². The van der Waals surface area contributed by atoms with Gasteiger partial charge in [-0.05, 0) is 29.9 Å². The van der Waals surface area contributed by atoms with Crippen LogP contribution in [-0.2, 0) is 0 Å². The Kier molecular flexibility index (Phi) is 4.99. The lowest BCUT2D eigenvalue weighted by atomic mass is 10.0. The summed E-state index contributed by atoms with van der Waals surface area (Å²) in [6.07, 6.45) is 1.69. The predicted molar refractivity (Wildman–Crippen MR) is 71.5 cm³/mol. The minimum Gasteiger partial charge on any atom is -0.183 e. The lowest BCUT2D eigenvalue weighted by molar-refractivity contribution is 1.46. The molecule has 0 heterocycles. The van der Waals surface area contributed by atoms with Crippen molar-refractivity contribution in [2.75, 3.05) is 6.26 Å². The van der Waals surface area contributed by atoms with Crippen molar-refractivity contribution in [2.24, 2.45) is 0 Å². The van der Waals surface area contributed by atoms with Gasteiger partial charge in [0.1, 0.15) is 0 Å². The first-order valence-corrected chi connectivity index (χ1v) is 5.83. The van der Waals surface area contributed by atoms with E-state index in [-0.39, 0.29) is 0 Å². The molecule has 0 bridgehead atoms. The molecule has 15 heavy (non-hydrogen) atoms. The first-order valence-electron chi connectivity index (χ1n) is 4.94. The van der Waals surface area contributed by atoms with Gasteiger partial charge in [0, 0.05) is 0 Å². The molecule has 0 aliphatic rings. The Morgan fingerprint density at radius 2 is 1.27 bits per heavy atom. The molecule has 0 saturated heterocycles. The van der Waals surface area contributed by atoms with Crippen molar-refractivity contribution in [3.05, 3.63) is 60.2 Å². The molecular weight excluding hydrogens is 200 g/mol. The van der Waals surface area contributed by atoms with Crippen LogP contribution in [0.15, 0.2) is 54.6 Å². The van der Waals surface area contributed by atoms with Crippen molar-refractivity contribution in [2.45, 2.75) is 6.92 Å².